The number of carbonyl (C=O) groups excluding carboxylic acids is 1. The molecule has 1 amide bonds. The molecule has 6 nitrogen and oxygen atoms in total. The van der Waals surface area contributed by atoms with Gasteiger partial charge in [0.25, 0.3) is 0 Å². The number of carbonyl (C=O) groups is 1. The molecule has 0 saturated heterocycles. The fourth-order valence-corrected chi connectivity index (χ4v) is 1.95. The molecule has 6 heteroatoms. The predicted molar refractivity (Wildman–Crippen MR) is 81.3 cm³/mol. The van der Waals surface area contributed by atoms with Crippen LogP contribution in [0.4, 0.5) is 4.79 Å². The summed E-state index contributed by atoms with van der Waals surface area (Å²) in [5, 5.41) is 6.58. The summed E-state index contributed by atoms with van der Waals surface area (Å²) in [6.45, 7) is 7.18. The van der Waals surface area contributed by atoms with Crippen LogP contribution in [0.3, 0.4) is 0 Å². The lowest BCUT2D eigenvalue weighted by Gasteiger charge is -2.22. The third-order valence-electron chi connectivity index (χ3n) is 2.81. The Morgan fingerprint density at radius 1 is 1.32 bits per heavy atom. The molecule has 0 aliphatic heterocycles. The minimum absolute atomic E-state index is 0.368. The molecular weight excluding hydrogens is 282 g/mol. The van der Waals surface area contributed by atoms with E-state index < -0.39 is 17.7 Å². The fraction of sp³-hybridized carbons (Fsp3) is 0.438. The van der Waals surface area contributed by atoms with E-state index in [0.717, 1.165) is 5.56 Å². The number of aryl methyl sites for hydroxylation is 1. The van der Waals surface area contributed by atoms with E-state index in [2.05, 4.69) is 15.5 Å². The zero-order chi connectivity index (χ0) is 16.2. The molecule has 22 heavy (non-hydrogen) atoms. The highest BCUT2D eigenvalue weighted by molar-refractivity contribution is 5.68. The molecule has 0 aliphatic carbocycles. The second-order valence-corrected chi connectivity index (χ2v) is 6.07. The van der Waals surface area contributed by atoms with Gasteiger partial charge in [0.1, 0.15) is 11.6 Å². The van der Waals surface area contributed by atoms with Crippen LogP contribution >= 0.6 is 0 Å². The van der Waals surface area contributed by atoms with E-state index >= 15 is 0 Å². The van der Waals surface area contributed by atoms with Crippen molar-refractivity contribution in [1.82, 2.24) is 15.5 Å². The lowest BCUT2D eigenvalue weighted by atomic mass is 10.1. The average molecular weight is 303 g/mol. The lowest BCUT2D eigenvalue weighted by molar-refractivity contribution is 0.0493. The number of hydrogen-bond acceptors (Lipinski definition) is 5. The van der Waals surface area contributed by atoms with Gasteiger partial charge in [-0.25, -0.2) is 4.79 Å². The molecule has 118 valence electrons. The van der Waals surface area contributed by atoms with Gasteiger partial charge >= 0.3 is 6.09 Å². The van der Waals surface area contributed by atoms with Gasteiger partial charge in [0.15, 0.2) is 5.82 Å². The SMILES string of the molecule is Cc1noc(C(Cc2ccccc2)NC(=O)OC(C)(C)C)n1. The van der Waals surface area contributed by atoms with E-state index in [9.17, 15) is 4.79 Å². The van der Waals surface area contributed by atoms with E-state index in [1.807, 2.05) is 51.1 Å². The Morgan fingerprint density at radius 2 is 2.00 bits per heavy atom. The van der Waals surface area contributed by atoms with E-state index in [-0.39, 0.29) is 0 Å². The van der Waals surface area contributed by atoms with Crippen molar-refractivity contribution in [3.63, 3.8) is 0 Å². The fourth-order valence-electron chi connectivity index (χ4n) is 1.95. The van der Waals surface area contributed by atoms with Crippen LogP contribution in [0.15, 0.2) is 34.9 Å². The van der Waals surface area contributed by atoms with Gasteiger partial charge in [-0.3, -0.25) is 0 Å². The Labute approximate surface area is 129 Å². The number of ether oxygens (including phenoxy) is 1. The van der Waals surface area contributed by atoms with Crippen molar-refractivity contribution in [2.75, 3.05) is 0 Å². The Balaban J connectivity index is 2.13. The number of amides is 1. The maximum atomic E-state index is 12.0. The summed E-state index contributed by atoms with van der Waals surface area (Å²) < 4.78 is 10.5. The third kappa shape index (κ3) is 4.87. The molecule has 1 aromatic carbocycles. The number of rotatable bonds is 4. The summed E-state index contributed by atoms with van der Waals surface area (Å²) in [5.74, 6) is 0.895. The van der Waals surface area contributed by atoms with Gasteiger partial charge in [0.05, 0.1) is 0 Å². The van der Waals surface area contributed by atoms with Crippen LogP contribution in [0.1, 0.15) is 44.1 Å². The second kappa shape index (κ2) is 6.60. The van der Waals surface area contributed by atoms with Crippen LogP contribution in [0.25, 0.3) is 0 Å². The number of alkyl carbamates (subject to hydrolysis) is 1. The van der Waals surface area contributed by atoms with Crippen molar-refractivity contribution in [1.29, 1.82) is 0 Å². The summed E-state index contributed by atoms with van der Waals surface area (Å²) >= 11 is 0. The maximum Gasteiger partial charge on any atom is 0.408 e. The van der Waals surface area contributed by atoms with E-state index in [0.29, 0.717) is 18.1 Å². The van der Waals surface area contributed by atoms with Gasteiger partial charge < -0.3 is 14.6 Å². The average Bonchev–Trinajstić information content (AvgIpc) is 2.84. The van der Waals surface area contributed by atoms with Crippen LogP contribution in [-0.4, -0.2) is 21.8 Å². The molecule has 1 atom stereocenters. The summed E-state index contributed by atoms with van der Waals surface area (Å²) in [4.78, 5) is 16.2. The molecule has 0 radical (unpaired) electrons. The zero-order valence-corrected chi connectivity index (χ0v) is 13.3. The summed E-state index contributed by atoms with van der Waals surface area (Å²) in [5.41, 5.74) is 0.492. The largest absolute Gasteiger partial charge is 0.444 e. The molecule has 1 unspecified atom stereocenters. The number of benzene rings is 1. The molecule has 0 aliphatic rings. The van der Waals surface area contributed by atoms with E-state index in [1.165, 1.54) is 0 Å². The maximum absolute atomic E-state index is 12.0. The van der Waals surface area contributed by atoms with Crippen molar-refractivity contribution >= 4 is 6.09 Å². The van der Waals surface area contributed by atoms with Gasteiger partial charge in [-0.2, -0.15) is 4.98 Å². The molecule has 1 N–H and O–H groups in total. The molecule has 1 heterocycles. The Bertz CT molecular complexity index is 617. The van der Waals surface area contributed by atoms with Gasteiger partial charge in [-0.15, -0.1) is 0 Å². The summed E-state index contributed by atoms with van der Waals surface area (Å²) in [6, 6.07) is 9.35. The Kier molecular flexibility index (Phi) is 4.80. The van der Waals surface area contributed by atoms with Crippen molar-refractivity contribution in [2.24, 2.45) is 0 Å². The zero-order valence-electron chi connectivity index (χ0n) is 13.3. The molecule has 0 bridgehead atoms. The second-order valence-electron chi connectivity index (χ2n) is 6.07. The smallest absolute Gasteiger partial charge is 0.408 e. The number of hydrogen-bond donors (Lipinski definition) is 1. The molecule has 0 spiro atoms. The highest BCUT2D eigenvalue weighted by Crippen LogP contribution is 2.18. The first-order valence-corrected chi connectivity index (χ1v) is 7.17. The minimum atomic E-state index is -0.563. The summed E-state index contributed by atoms with van der Waals surface area (Å²) in [7, 11) is 0. The molecular formula is C16H21N3O3. The van der Waals surface area contributed by atoms with Gasteiger partial charge in [0, 0.05) is 6.42 Å². The monoisotopic (exact) mass is 303 g/mol. The number of nitrogens with one attached hydrogen (secondary N) is 1. The van der Waals surface area contributed by atoms with E-state index in [4.69, 9.17) is 9.26 Å². The first kappa shape index (κ1) is 16.0. The van der Waals surface area contributed by atoms with Gasteiger partial charge in [-0.05, 0) is 33.3 Å². The standard InChI is InChI=1S/C16H21N3O3/c1-11-17-14(22-19-11)13(10-12-8-6-5-7-9-12)18-15(20)21-16(2,3)4/h5-9,13H,10H2,1-4H3,(H,18,20). The lowest BCUT2D eigenvalue weighted by Crippen LogP contribution is -2.36. The van der Waals surface area contributed by atoms with Crippen molar-refractivity contribution < 1.29 is 14.1 Å². The molecule has 2 aromatic rings. The Hall–Kier alpha value is -2.37. The highest BCUT2D eigenvalue weighted by atomic mass is 16.6. The van der Waals surface area contributed by atoms with Crippen LogP contribution in [0, 0.1) is 6.92 Å². The van der Waals surface area contributed by atoms with Crippen LogP contribution in [0.5, 0.6) is 0 Å². The highest BCUT2D eigenvalue weighted by Gasteiger charge is 2.24. The van der Waals surface area contributed by atoms with Gasteiger partial charge in [0.2, 0.25) is 5.89 Å². The summed E-state index contributed by atoms with van der Waals surface area (Å²) in [6.07, 6.45) is 0.0334. The molecule has 1 aromatic heterocycles. The topological polar surface area (TPSA) is 77.2 Å². The van der Waals surface area contributed by atoms with Crippen LogP contribution < -0.4 is 5.32 Å². The first-order chi connectivity index (χ1) is 10.3. The number of aromatic nitrogens is 2. The van der Waals surface area contributed by atoms with Crippen molar-refractivity contribution in [2.45, 2.75) is 45.8 Å². The predicted octanol–water partition coefficient (Wildman–Crippen LogP) is 3.19. The molecule has 0 fully saturated rings. The Morgan fingerprint density at radius 3 is 2.55 bits per heavy atom. The van der Waals surface area contributed by atoms with Crippen molar-refractivity contribution in [3.8, 4) is 0 Å². The number of nitrogens with zero attached hydrogens (tertiary/aromatic N) is 2. The quantitative estimate of drug-likeness (QED) is 0.938. The minimum Gasteiger partial charge on any atom is -0.444 e. The van der Waals surface area contributed by atoms with Gasteiger partial charge in [-0.1, -0.05) is 35.5 Å². The van der Waals surface area contributed by atoms with Crippen LogP contribution in [0.2, 0.25) is 0 Å². The van der Waals surface area contributed by atoms with Crippen molar-refractivity contribution in [3.05, 3.63) is 47.6 Å². The molecule has 0 saturated carbocycles. The van der Waals surface area contributed by atoms with Crippen LogP contribution in [-0.2, 0) is 11.2 Å². The van der Waals surface area contributed by atoms with E-state index in [1.54, 1.807) is 6.92 Å². The third-order valence-corrected chi connectivity index (χ3v) is 2.81. The first-order valence-electron chi connectivity index (χ1n) is 7.17. The molecule has 2 rings (SSSR count). The normalized spacial score (nSPS) is 12.7.